The molecule has 2 amide bonds. The molecule has 156 valence electrons. The van der Waals surface area contributed by atoms with E-state index in [1.807, 2.05) is 18.7 Å². The van der Waals surface area contributed by atoms with Gasteiger partial charge in [0, 0.05) is 38.4 Å². The van der Waals surface area contributed by atoms with Crippen molar-refractivity contribution in [2.45, 2.75) is 20.0 Å². The summed E-state index contributed by atoms with van der Waals surface area (Å²) < 4.78 is 38.7. The van der Waals surface area contributed by atoms with Crippen LogP contribution in [0.3, 0.4) is 0 Å². The Bertz CT molecular complexity index is 673. The Morgan fingerprint density at radius 2 is 1.79 bits per heavy atom. The van der Waals surface area contributed by atoms with E-state index in [4.69, 9.17) is 0 Å². The molecule has 0 bridgehead atoms. The molecule has 28 heavy (non-hydrogen) atoms. The molecule has 1 atom stereocenters. The first kappa shape index (κ1) is 22.0. The van der Waals surface area contributed by atoms with Gasteiger partial charge in [-0.25, -0.2) is 0 Å². The van der Waals surface area contributed by atoms with Crippen molar-refractivity contribution in [3.63, 3.8) is 0 Å². The van der Waals surface area contributed by atoms with E-state index in [1.54, 1.807) is 11.0 Å². The zero-order chi connectivity index (χ0) is 20.7. The van der Waals surface area contributed by atoms with Gasteiger partial charge in [-0.3, -0.25) is 9.59 Å². The van der Waals surface area contributed by atoms with E-state index in [-0.39, 0.29) is 24.9 Å². The average molecular weight is 401 g/mol. The number of amides is 2. The van der Waals surface area contributed by atoms with Gasteiger partial charge in [-0.15, -0.1) is 0 Å². The summed E-state index contributed by atoms with van der Waals surface area (Å²) in [6.45, 7) is 7.33. The van der Waals surface area contributed by atoms with Crippen LogP contribution in [0.1, 0.15) is 19.4 Å². The van der Waals surface area contributed by atoms with E-state index in [1.165, 1.54) is 6.07 Å². The van der Waals surface area contributed by atoms with E-state index in [0.717, 1.165) is 17.0 Å². The Hall–Kier alpha value is -2.29. The van der Waals surface area contributed by atoms with Gasteiger partial charge >= 0.3 is 6.18 Å². The number of hydrogen-bond donors (Lipinski definition) is 2. The zero-order valence-corrected chi connectivity index (χ0v) is 16.3. The van der Waals surface area contributed by atoms with Crippen LogP contribution >= 0.6 is 0 Å². The van der Waals surface area contributed by atoms with Gasteiger partial charge in [-0.1, -0.05) is 6.07 Å². The van der Waals surface area contributed by atoms with E-state index in [0.29, 0.717) is 45.0 Å². The molecular formula is C19H28F3N4O2+. The van der Waals surface area contributed by atoms with Gasteiger partial charge in [0.2, 0.25) is 0 Å². The summed E-state index contributed by atoms with van der Waals surface area (Å²) in [6.07, 6.45) is -4.37. The van der Waals surface area contributed by atoms with Gasteiger partial charge in [0.1, 0.15) is 0 Å². The molecule has 1 fully saturated rings. The minimum Gasteiger partial charge on any atom is -0.368 e. The first-order chi connectivity index (χ1) is 13.2. The molecule has 1 aliphatic heterocycles. The monoisotopic (exact) mass is 401 g/mol. The van der Waals surface area contributed by atoms with Crippen LogP contribution in [0.5, 0.6) is 0 Å². The Morgan fingerprint density at radius 1 is 1.11 bits per heavy atom. The molecule has 0 saturated carbocycles. The number of halogens is 3. The second-order valence-corrected chi connectivity index (χ2v) is 6.83. The van der Waals surface area contributed by atoms with Gasteiger partial charge in [0.15, 0.2) is 13.1 Å². The van der Waals surface area contributed by atoms with E-state index in [2.05, 4.69) is 5.32 Å². The van der Waals surface area contributed by atoms with Crippen molar-refractivity contribution in [1.82, 2.24) is 10.2 Å². The Kier molecular flexibility index (Phi) is 7.68. The van der Waals surface area contributed by atoms with E-state index < -0.39 is 11.7 Å². The van der Waals surface area contributed by atoms with Crippen LogP contribution in [0.25, 0.3) is 0 Å². The number of rotatable bonds is 7. The number of carbonyl (C=O) groups is 2. The number of nitrogens with zero attached hydrogens (tertiary/aromatic N) is 2. The molecule has 1 saturated heterocycles. The molecule has 1 unspecified atom stereocenters. The molecule has 1 aromatic carbocycles. The van der Waals surface area contributed by atoms with Crippen molar-refractivity contribution >= 4 is 17.5 Å². The highest BCUT2D eigenvalue weighted by Crippen LogP contribution is 2.31. The number of likely N-dealkylation sites (N-methyl/N-ethyl adjacent to an activating group) is 2. The first-order valence-electron chi connectivity index (χ1n) is 9.54. The highest BCUT2D eigenvalue weighted by atomic mass is 19.4. The zero-order valence-electron chi connectivity index (χ0n) is 16.3. The lowest BCUT2D eigenvalue weighted by molar-refractivity contribution is -0.882. The largest absolute Gasteiger partial charge is 0.416 e. The molecule has 0 aliphatic carbocycles. The van der Waals surface area contributed by atoms with Gasteiger partial charge in [0.25, 0.3) is 11.8 Å². The van der Waals surface area contributed by atoms with Crippen LogP contribution in [0.4, 0.5) is 18.9 Å². The second-order valence-electron chi connectivity index (χ2n) is 6.83. The van der Waals surface area contributed by atoms with Crippen LogP contribution in [-0.2, 0) is 15.8 Å². The van der Waals surface area contributed by atoms with Crippen LogP contribution in [-0.4, -0.2) is 69.1 Å². The van der Waals surface area contributed by atoms with Crippen LogP contribution in [0, 0.1) is 0 Å². The SMILES string of the molecule is CCNC(=O)C[NH+](CC)CC(=O)N1CCN(c2cccc(C(F)(F)F)c2)CC1. The normalized spacial score (nSPS) is 16.0. The van der Waals surface area contributed by atoms with Crippen LogP contribution in [0.2, 0.25) is 0 Å². The molecule has 1 heterocycles. The maximum Gasteiger partial charge on any atom is 0.416 e. The summed E-state index contributed by atoms with van der Waals surface area (Å²) in [6, 6.07) is 5.26. The molecule has 6 nitrogen and oxygen atoms in total. The van der Waals surface area contributed by atoms with Crippen molar-refractivity contribution in [1.29, 1.82) is 0 Å². The molecule has 0 aromatic heterocycles. The Labute approximate surface area is 163 Å². The molecule has 0 radical (unpaired) electrons. The minimum absolute atomic E-state index is 0.0372. The summed E-state index contributed by atoms with van der Waals surface area (Å²) >= 11 is 0. The predicted molar refractivity (Wildman–Crippen MR) is 100 cm³/mol. The standard InChI is InChI=1S/C19H27F3N4O2/c1-3-23-17(27)13-24(4-2)14-18(28)26-10-8-25(9-11-26)16-7-5-6-15(12-16)19(20,21)22/h5-7,12H,3-4,8-11,13-14H2,1-2H3,(H,23,27)/p+1. The topological polar surface area (TPSA) is 57.1 Å². The summed E-state index contributed by atoms with van der Waals surface area (Å²) in [5.41, 5.74) is -0.157. The fourth-order valence-corrected chi connectivity index (χ4v) is 3.22. The molecular weight excluding hydrogens is 373 g/mol. The number of nitrogens with one attached hydrogen (secondary N) is 2. The summed E-state index contributed by atoms with van der Waals surface area (Å²) in [5, 5.41) is 2.73. The smallest absolute Gasteiger partial charge is 0.368 e. The first-order valence-corrected chi connectivity index (χ1v) is 9.54. The molecule has 1 aromatic rings. The second kappa shape index (κ2) is 9.77. The Balaban J connectivity index is 1.89. The fraction of sp³-hybridized carbons (Fsp3) is 0.579. The molecule has 2 rings (SSSR count). The number of quaternary nitrogens is 1. The summed E-state index contributed by atoms with van der Waals surface area (Å²) in [7, 11) is 0. The van der Waals surface area contributed by atoms with E-state index >= 15 is 0 Å². The number of piperazine rings is 1. The molecule has 2 N–H and O–H groups in total. The van der Waals surface area contributed by atoms with Crippen molar-refractivity contribution in [2.24, 2.45) is 0 Å². The third kappa shape index (κ3) is 6.12. The van der Waals surface area contributed by atoms with E-state index in [9.17, 15) is 22.8 Å². The van der Waals surface area contributed by atoms with Crippen molar-refractivity contribution in [3.05, 3.63) is 29.8 Å². The summed E-state index contributed by atoms with van der Waals surface area (Å²) in [5.74, 6) is -0.119. The third-order valence-electron chi connectivity index (χ3n) is 4.86. The van der Waals surface area contributed by atoms with Gasteiger partial charge < -0.3 is 20.0 Å². The van der Waals surface area contributed by atoms with Crippen LogP contribution < -0.4 is 15.1 Å². The van der Waals surface area contributed by atoms with Crippen molar-refractivity contribution < 1.29 is 27.7 Å². The maximum absolute atomic E-state index is 12.9. The Morgan fingerprint density at radius 3 is 2.36 bits per heavy atom. The highest BCUT2D eigenvalue weighted by molar-refractivity contribution is 5.79. The third-order valence-corrected chi connectivity index (χ3v) is 4.86. The molecule has 0 spiro atoms. The maximum atomic E-state index is 12.9. The lowest BCUT2D eigenvalue weighted by Crippen LogP contribution is -3.14. The summed E-state index contributed by atoms with van der Waals surface area (Å²) in [4.78, 5) is 28.7. The van der Waals surface area contributed by atoms with Gasteiger partial charge in [-0.2, -0.15) is 13.2 Å². The number of carbonyl (C=O) groups excluding carboxylic acids is 2. The average Bonchev–Trinajstić information content (AvgIpc) is 2.67. The number of benzene rings is 1. The van der Waals surface area contributed by atoms with Crippen molar-refractivity contribution in [2.75, 3.05) is 57.3 Å². The highest BCUT2D eigenvalue weighted by Gasteiger charge is 2.31. The number of hydrogen-bond acceptors (Lipinski definition) is 3. The van der Waals surface area contributed by atoms with Gasteiger partial charge in [-0.05, 0) is 32.0 Å². The number of alkyl halides is 3. The van der Waals surface area contributed by atoms with Crippen LogP contribution in [0.15, 0.2) is 24.3 Å². The van der Waals surface area contributed by atoms with Crippen molar-refractivity contribution in [3.8, 4) is 0 Å². The predicted octanol–water partition coefficient (Wildman–Crippen LogP) is 0.395. The molecule has 1 aliphatic rings. The lowest BCUT2D eigenvalue weighted by atomic mass is 10.1. The fourth-order valence-electron chi connectivity index (χ4n) is 3.22. The quantitative estimate of drug-likeness (QED) is 0.695. The lowest BCUT2D eigenvalue weighted by Gasteiger charge is -2.36. The van der Waals surface area contributed by atoms with Gasteiger partial charge in [0.05, 0.1) is 12.1 Å². The molecule has 9 heteroatoms. The minimum atomic E-state index is -4.37. The number of anilines is 1.